The van der Waals surface area contributed by atoms with Crippen LogP contribution < -0.4 is 11.1 Å². The van der Waals surface area contributed by atoms with Crippen molar-refractivity contribution in [1.82, 2.24) is 0 Å². The first-order chi connectivity index (χ1) is 7.58. The Morgan fingerprint density at radius 1 is 1.69 bits per heavy atom. The van der Waals surface area contributed by atoms with E-state index < -0.39 is 0 Å². The fourth-order valence-corrected chi connectivity index (χ4v) is 2.37. The lowest BCUT2D eigenvalue weighted by atomic mass is 10.2. The number of ketones is 1. The third-order valence-corrected chi connectivity index (χ3v) is 3.47. The second kappa shape index (κ2) is 5.86. The first-order valence-corrected chi connectivity index (χ1v) is 6.05. The zero-order valence-corrected chi connectivity index (χ0v) is 10.7. The third-order valence-electron chi connectivity index (χ3n) is 2.29. The van der Waals surface area contributed by atoms with Crippen molar-refractivity contribution < 1.29 is 9.53 Å². The summed E-state index contributed by atoms with van der Waals surface area (Å²) < 4.78 is 5.10. The summed E-state index contributed by atoms with van der Waals surface area (Å²) in [5.74, 6) is 0.00957. The van der Waals surface area contributed by atoms with Gasteiger partial charge in [-0.2, -0.15) is 0 Å². The molecule has 0 aromatic carbocycles. The highest BCUT2D eigenvalue weighted by molar-refractivity contribution is 7.18. The molecule has 0 aliphatic carbocycles. The quantitative estimate of drug-likeness (QED) is 0.752. The van der Waals surface area contributed by atoms with Gasteiger partial charge in [-0.25, -0.2) is 0 Å². The highest BCUT2D eigenvalue weighted by Gasteiger charge is 2.12. The molecule has 5 heteroatoms. The molecule has 1 rings (SSSR count). The molecule has 1 aromatic heterocycles. The molecular formula is C11H18N2O2S. The van der Waals surface area contributed by atoms with Gasteiger partial charge in [-0.1, -0.05) is 6.92 Å². The van der Waals surface area contributed by atoms with E-state index in [1.807, 2.05) is 0 Å². The molecule has 0 spiro atoms. The standard InChI is InChI=1S/C11H18N2O2S/c1-4-8(6-15-3)13-10-5-9(12)11(16-10)7(2)14/h5,8,13H,4,6,12H2,1-3H3. The lowest BCUT2D eigenvalue weighted by molar-refractivity contribution is 0.102. The molecule has 0 fully saturated rings. The van der Waals surface area contributed by atoms with Crippen molar-refractivity contribution in [2.24, 2.45) is 0 Å². The normalized spacial score (nSPS) is 12.4. The average molecular weight is 242 g/mol. The third kappa shape index (κ3) is 3.21. The van der Waals surface area contributed by atoms with Crippen LogP contribution in [0.15, 0.2) is 6.07 Å². The van der Waals surface area contributed by atoms with E-state index in [-0.39, 0.29) is 11.8 Å². The van der Waals surface area contributed by atoms with Gasteiger partial charge in [0.1, 0.15) is 0 Å². The largest absolute Gasteiger partial charge is 0.397 e. The van der Waals surface area contributed by atoms with Crippen molar-refractivity contribution in [2.45, 2.75) is 26.3 Å². The van der Waals surface area contributed by atoms with E-state index in [0.717, 1.165) is 11.4 Å². The molecule has 1 atom stereocenters. The van der Waals surface area contributed by atoms with Gasteiger partial charge in [-0.15, -0.1) is 11.3 Å². The van der Waals surface area contributed by atoms with Gasteiger partial charge in [0.2, 0.25) is 0 Å². The number of nitrogens with one attached hydrogen (secondary N) is 1. The maximum absolute atomic E-state index is 11.2. The molecule has 1 unspecified atom stereocenters. The van der Waals surface area contributed by atoms with E-state index in [4.69, 9.17) is 10.5 Å². The van der Waals surface area contributed by atoms with Crippen molar-refractivity contribution in [3.63, 3.8) is 0 Å². The van der Waals surface area contributed by atoms with Gasteiger partial charge in [0.25, 0.3) is 0 Å². The number of carbonyl (C=O) groups is 1. The topological polar surface area (TPSA) is 64.3 Å². The molecule has 16 heavy (non-hydrogen) atoms. The number of hydrogen-bond acceptors (Lipinski definition) is 5. The monoisotopic (exact) mass is 242 g/mol. The van der Waals surface area contributed by atoms with Crippen molar-refractivity contribution in [3.8, 4) is 0 Å². The summed E-state index contributed by atoms with van der Waals surface area (Å²) in [6, 6.07) is 2.06. The molecule has 0 radical (unpaired) electrons. The minimum absolute atomic E-state index is 0.00957. The molecule has 1 aromatic rings. The molecule has 3 N–H and O–H groups in total. The number of hydrogen-bond donors (Lipinski definition) is 2. The van der Waals surface area contributed by atoms with Gasteiger partial charge < -0.3 is 15.8 Å². The van der Waals surface area contributed by atoms with E-state index in [2.05, 4.69) is 12.2 Å². The van der Waals surface area contributed by atoms with Crippen molar-refractivity contribution in [1.29, 1.82) is 0 Å². The Balaban J connectivity index is 2.73. The molecule has 0 aliphatic rings. The highest BCUT2D eigenvalue weighted by Crippen LogP contribution is 2.30. The van der Waals surface area contributed by atoms with Crippen LogP contribution in [0.1, 0.15) is 29.9 Å². The fourth-order valence-electron chi connectivity index (χ4n) is 1.42. The zero-order valence-electron chi connectivity index (χ0n) is 9.87. The fraction of sp³-hybridized carbons (Fsp3) is 0.545. The second-order valence-corrected chi connectivity index (χ2v) is 4.71. The van der Waals surface area contributed by atoms with Crippen LogP contribution in [-0.2, 0) is 4.74 Å². The molecule has 0 saturated heterocycles. The summed E-state index contributed by atoms with van der Waals surface area (Å²) in [5, 5.41) is 4.23. The molecule has 0 bridgehead atoms. The van der Waals surface area contributed by atoms with Gasteiger partial charge in [0, 0.05) is 20.1 Å². The van der Waals surface area contributed by atoms with Crippen LogP contribution >= 0.6 is 11.3 Å². The van der Waals surface area contributed by atoms with Gasteiger partial charge in [0.15, 0.2) is 5.78 Å². The summed E-state index contributed by atoms with van der Waals surface area (Å²) in [6.07, 6.45) is 0.959. The number of thiophene rings is 1. The van der Waals surface area contributed by atoms with E-state index >= 15 is 0 Å². The van der Waals surface area contributed by atoms with E-state index in [1.54, 1.807) is 13.2 Å². The molecular weight excluding hydrogens is 224 g/mol. The number of nitrogen functional groups attached to an aromatic ring is 1. The van der Waals surface area contributed by atoms with Gasteiger partial charge >= 0.3 is 0 Å². The Kier molecular flexibility index (Phi) is 4.76. The predicted molar refractivity (Wildman–Crippen MR) is 68.3 cm³/mol. The van der Waals surface area contributed by atoms with E-state index in [1.165, 1.54) is 18.3 Å². The lowest BCUT2D eigenvalue weighted by Gasteiger charge is -2.15. The molecule has 0 amide bonds. The maximum Gasteiger partial charge on any atom is 0.171 e. The molecule has 90 valence electrons. The molecule has 4 nitrogen and oxygen atoms in total. The Morgan fingerprint density at radius 2 is 2.38 bits per heavy atom. The summed E-state index contributed by atoms with van der Waals surface area (Å²) >= 11 is 1.40. The zero-order chi connectivity index (χ0) is 12.1. The van der Waals surface area contributed by atoms with E-state index in [9.17, 15) is 4.79 Å². The maximum atomic E-state index is 11.2. The Labute approximate surface area is 99.8 Å². The van der Waals surface area contributed by atoms with Crippen LogP contribution in [0.2, 0.25) is 0 Å². The van der Waals surface area contributed by atoms with Crippen LogP contribution in [0, 0.1) is 0 Å². The van der Waals surface area contributed by atoms with Crippen LogP contribution in [0.25, 0.3) is 0 Å². The highest BCUT2D eigenvalue weighted by atomic mass is 32.1. The van der Waals surface area contributed by atoms with Crippen molar-refractivity contribution in [3.05, 3.63) is 10.9 Å². The first-order valence-electron chi connectivity index (χ1n) is 5.24. The lowest BCUT2D eigenvalue weighted by Crippen LogP contribution is -2.23. The van der Waals surface area contributed by atoms with Gasteiger partial charge in [-0.3, -0.25) is 4.79 Å². The smallest absolute Gasteiger partial charge is 0.171 e. The van der Waals surface area contributed by atoms with Crippen LogP contribution in [0.5, 0.6) is 0 Å². The Morgan fingerprint density at radius 3 is 2.81 bits per heavy atom. The number of ether oxygens (including phenoxy) is 1. The number of methoxy groups -OCH3 is 1. The Bertz CT molecular complexity index is 363. The number of carbonyl (C=O) groups excluding carboxylic acids is 1. The summed E-state index contributed by atoms with van der Waals surface area (Å²) in [7, 11) is 1.67. The second-order valence-electron chi connectivity index (χ2n) is 3.66. The Hall–Kier alpha value is -1.07. The predicted octanol–water partition coefficient (Wildman–Crippen LogP) is 2.37. The van der Waals surface area contributed by atoms with Crippen LogP contribution in [0.4, 0.5) is 10.7 Å². The number of Topliss-reactive ketones (excluding diaryl/α,β-unsaturated/α-hetero) is 1. The minimum atomic E-state index is 0.00957. The van der Waals surface area contributed by atoms with Gasteiger partial charge in [-0.05, 0) is 12.5 Å². The molecule has 1 heterocycles. The van der Waals surface area contributed by atoms with Crippen molar-refractivity contribution in [2.75, 3.05) is 24.8 Å². The first kappa shape index (κ1) is 13.0. The van der Waals surface area contributed by atoms with Crippen LogP contribution in [-0.4, -0.2) is 25.5 Å². The number of rotatable bonds is 6. The summed E-state index contributed by atoms with van der Waals surface area (Å²) in [6.45, 7) is 4.25. The molecule has 0 saturated carbocycles. The van der Waals surface area contributed by atoms with Crippen molar-refractivity contribution >= 4 is 27.8 Å². The number of nitrogens with two attached hydrogens (primary N) is 1. The summed E-state index contributed by atoms with van der Waals surface area (Å²) in [5.41, 5.74) is 6.30. The number of anilines is 2. The van der Waals surface area contributed by atoms with Crippen LogP contribution in [0.3, 0.4) is 0 Å². The van der Waals surface area contributed by atoms with Gasteiger partial charge in [0.05, 0.1) is 22.2 Å². The van der Waals surface area contributed by atoms with E-state index in [0.29, 0.717) is 17.2 Å². The summed E-state index contributed by atoms with van der Waals surface area (Å²) in [4.78, 5) is 11.9. The minimum Gasteiger partial charge on any atom is -0.397 e. The molecule has 0 aliphatic heterocycles. The average Bonchev–Trinajstić information content (AvgIpc) is 2.59. The SMILES string of the molecule is CCC(COC)Nc1cc(N)c(C(C)=O)s1.